The lowest BCUT2D eigenvalue weighted by atomic mass is 9.99. The highest BCUT2D eigenvalue weighted by atomic mass is 19.4. The summed E-state index contributed by atoms with van der Waals surface area (Å²) in [5, 5.41) is 0. The molecule has 2 nitrogen and oxygen atoms in total. The number of halogens is 3. The Morgan fingerprint density at radius 1 is 1.20 bits per heavy atom. The average molecular weight is 216 g/mol. The molecule has 1 aromatic carbocycles. The van der Waals surface area contributed by atoms with Gasteiger partial charge in [0.2, 0.25) is 0 Å². The van der Waals surface area contributed by atoms with Crippen LogP contribution in [-0.4, -0.2) is 6.54 Å². The van der Waals surface area contributed by atoms with Crippen LogP contribution >= 0.6 is 0 Å². The van der Waals surface area contributed by atoms with Crippen molar-refractivity contribution in [1.29, 1.82) is 0 Å². The van der Waals surface area contributed by atoms with Gasteiger partial charge in [0.05, 0.1) is 5.56 Å². The monoisotopic (exact) mass is 216 g/mol. The van der Waals surface area contributed by atoms with E-state index in [1.54, 1.807) is 6.07 Å². The van der Waals surface area contributed by atoms with E-state index >= 15 is 0 Å². The molecule has 0 spiro atoms. The van der Waals surface area contributed by atoms with Crippen LogP contribution in [0.5, 0.6) is 0 Å². The summed E-state index contributed by atoms with van der Waals surface area (Å²) < 4.78 is 38.0. The van der Waals surface area contributed by atoms with Gasteiger partial charge in [-0.15, -0.1) is 0 Å². The Hall–Kier alpha value is -1.07. The minimum absolute atomic E-state index is 0.247. The fraction of sp³-hybridized carbons (Fsp3) is 0.400. The van der Waals surface area contributed by atoms with Gasteiger partial charge in [0.15, 0.2) is 0 Å². The zero-order valence-corrected chi connectivity index (χ0v) is 7.93. The third-order valence-corrected chi connectivity index (χ3v) is 2.48. The Morgan fingerprint density at radius 2 is 1.93 bits per heavy atom. The first-order valence-corrected chi connectivity index (χ1v) is 4.73. The zero-order valence-electron chi connectivity index (χ0n) is 7.93. The minimum Gasteiger partial charge on any atom is -0.257 e. The molecular weight excluding hydrogens is 205 g/mol. The van der Waals surface area contributed by atoms with Crippen molar-refractivity contribution in [3.63, 3.8) is 0 Å². The molecule has 15 heavy (non-hydrogen) atoms. The van der Waals surface area contributed by atoms with Crippen LogP contribution in [0.4, 0.5) is 13.2 Å². The van der Waals surface area contributed by atoms with Crippen molar-refractivity contribution in [1.82, 2.24) is 10.9 Å². The van der Waals surface area contributed by atoms with E-state index in [0.717, 1.165) is 6.07 Å². The van der Waals surface area contributed by atoms with Gasteiger partial charge in [-0.1, -0.05) is 18.2 Å². The van der Waals surface area contributed by atoms with Crippen LogP contribution in [0.25, 0.3) is 0 Å². The molecule has 2 rings (SSSR count). The summed E-state index contributed by atoms with van der Waals surface area (Å²) in [4.78, 5) is 0. The maximum Gasteiger partial charge on any atom is 0.416 e. The quantitative estimate of drug-likeness (QED) is 0.752. The number of hydrogen-bond donors (Lipinski definition) is 2. The SMILES string of the molecule is FC(F)(F)c1ccccc1C1CCNN1. The van der Waals surface area contributed by atoms with E-state index in [9.17, 15) is 13.2 Å². The molecule has 0 bridgehead atoms. The molecule has 0 saturated carbocycles. The van der Waals surface area contributed by atoms with Crippen molar-refractivity contribution in [2.75, 3.05) is 6.54 Å². The lowest BCUT2D eigenvalue weighted by Crippen LogP contribution is -2.26. The van der Waals surface area contributed by atoms with E-state index in [-0.39, 0.29) is 6.04 Å². The van der Waals surface area contributed by atoms with Crippen LogP contribution in [-0.2, 0) is 6.18 Å². The highest BCUT2D eigenvalue weighted by Gasteiger charge is 2.35. The summed E-state index contributed by atoms with van der Waals surface area (Å²) in [6.45, 7) is 0.691. The van der Waals surface area contributed by atoms with Gasteiger partial charge in [-0.3, -0.25) is 10.9 Å². The first-order chi connectivity index (χ1) is 7.09. The molecule has 1 unspecified atom stereocenters. The molecule has 1 heterocycles. The van der Waals surface area contributed by atoms with Crippen molar-refractivity contribution in [3.05, 3.63) is 35.4 Å². The third-order valence-electron chi connectivity index (χ3n) is 2.48. The summed E-state index contributed by atoms with van der Waals surface area (Å²) >= 11 is 0. The maximum atomic E-state index is 12.7. The van der Waals surface area contributed by atoms with Crippen LogP contribution in [0, 0.1) is 0 Å². The molecule has 0 aromatic heterocycles. The lowest BCUT2D eigenvalue weighted by molar-refractivity contribution is -0.138. The van der Waals surface area contributed by atoms with Crippen molar-refractivity contribution in [2.45, 2.75) is 18.6 Å². The molecular formula is C10H11F3N2. The summed E-state index contributed by atoms with van der Waals surface area (Å²) in [5.74, 6) is 0. The topological polar surface area (TPSA) is 24.1 Å². The van der Waals surface area contributed by atoms with E-state index in [0.29, 0.717) is 18.5 Å². The molecule has 1 aliphatic rings. The number of alkyl halides is 3. The van der Waals surface area contributed by atoms with Crippen LogP contribution in [0.2, 0.25) is 0 Å². The molecule has 5 heteroatoms. The smallest absolute Gasteiger partial charge is 0.257 e. The first kappa shape index (κ1) is 10.4. The molecule has 0 aliphatic carbocycles. The van der Waals surface area contributed by atoms with Crippen molar-refractivity contribution < 1.29 is 13.2 Å². The van der Waals surface area contributed by atoms with Gasteiger partial charge in [0.1, 0.15) is 0 Å². The van der Waals surface area contributed by atoms with Gasteiger partial charge in [0.25, 0.3) is 0 Å². The Bertz CT molecular complexity index is 343. The first-order valence-electron chi connectivity index (χ1n) is 4.73. The number of benzene rings is 1. The molecule has 1 atom stereocenters. The fourth-order valence-electron chi connectivity index (χ4n) is 1.78. The normalized spacial score (nSPS) is 21.9. The lowest BCUT2D eigenvalue weighted by Gasteiger charge is -2.16. The second-order valence-electron chi connectivity index (χ2n) is 3.50. The van der Waals surface area contributed by atoms with Crippen molar-refractivity contribution >= 4 is 0 Å². The summed E-state index contributed by atoms with van der Waals surface area (Å²) in [6.07, 6.45) is -3.60. The van der Waals surface area contributed by atoms with Gasteiger partial charge in [-0.2, -0.15) is 13.2 Å². The Labute approximate surface area is 85.5 Å². The standard InChI is InChI=1S/C10H11F3N2/c11-10(12,13)8-4-2-1-3-7(8)9-5-6-14-15-9/h1-4,9,14-15H,5-6H2. The van der Waals surface area contributed by atoms with E-state index in [2.05, 4.69) is 10.9 Å². The number of nitrogens with one attached hydrogen (secondary N) is 2. The van der Waals surface area contributed by atoms with E-state index in [1.165, 1.54) is 12.1 Å². The third kappa shape index (κ3) is 2.13. The van der Waals surface area contributed by atoms with Gasteiger partial charge >= 0.3 is 6.18 Å². The summed E-state index contributed by atoms with van der Waals surface area (Å²) in [5.41, 5.74) is 5.43. The van der Waals surface area contributed by atoms with Gasteiger partial charge in [-0.25, -0.2) is 0 Å². The Morgan fingerprint density at radius 3 is 2.53 bits per heavy atom. The largest absolute Gasteiger partial charge is 0.416 e. The molecule has 1 aliphatic heterocycles. The van der Waals surface area contributed by atoms with E-state index in [1.807, 2.05) is 0 Å². The van der Waals surface area contributed by atoms with Crippen LogP contribution in [0.1, 0.15) is 23.6 Å². The predicted molar refractivity (Wildman–Crippen MR) is 49.9 cm³/mol. The molecule has 1 fully saturated rings. The second kappa shape index (κ2) is 3.83. The Kier molecular flexibility index (Phi) is 2.67. The van der Waals surface area contributed by atoms with Gasteiger partial charge in [-0.05, 0) is 18.1 Å². The minimum atomic E-state index is -4.28. The van der Waals surface area contributed by atoms with Gasteiger partial charge in [0, 0.05) is 12.6 Å². The van der Waals surface area contributed by atoms with Crippen LogP contribution in [0.15, 0.2) is 24.3 Å². The van der Waals surface area contributed by atoms with Crippen LogP contribution in [0.3, 0.4) is 0 Å². The molecule has 2 N–H and O–H groups in total. The van der Waals surface area contributed by atoms with Crippen LogP contribution < -0.4 is 10.9 Å². The molecule has 0 amide bonds. The van der Waals surface area contributed by atoms with Gasteiger partial charge < -0.3 is 0 Å². The maximum absolute atomic E-state index is 12.7. The van der Waals surface area contributed by atoms with E-state index in [4.69, 9.17) is 0 Å². The molecule has 82 valence electrons. The second-order valence-corrected chi connectivity index (χ2v) is 3.50. The number of hydrogen-bond acceptors (Lipinski definition) is 2. The van der Waals surface area contributed by atoms with Crippen molar-refractivity contribution in [2.24, 2.45) is 0 Å². The summed E-state index contributed by atoms with van der Waals surface area (Å²) in [6, 6.07) is 5.44. The fourth-order valence-corrected chi connectivity index (χ4v) is 1.78. The summed E-state index contributed by atoms with van der Waals surface area (Å²) in [7, 11) is 0. The zero-order chi connectivity index (χ0) is 10.9. The van der Waals surface area contributed by atoms with Crippen molar-refractivity contribution in [3.8, 4) is 0 Å². The molecule has 0 radical (unpaired) electrons. The number of hydrazine groups is 1. The predicted octanol–water partition coefficient (Wildman–Crippen LogP) is 2.24. The van der Waals surface area contributed by atoms with E-state index < -0.39 is 11.7 Å². The average Bonchev–Trinajstić information content (AvgIpc) is 2.69. The molecule has 1 aromatic rings. The highest BCUT2D eigenvalue weighted by molar-refractivity contribution is 5.32. The highest BCUT2D eigenvalue weighted by Crippen LogP contribution is 2.35. The Balaban J connectivity index is 2.37. The number of rotatable bonds is 1. The molecule has 1 saturated heterocycles.